The number of sulfonamides is 1. The highest BCUT2D eigenvalue weighted by Gasteiger charge is 2.24. The Labute approximate surface area is 167 Å². The predicted octanol–water partition coefficient (Wildman–Crippen LogP) is 4.49. The van der Waals surface area contributed by atoms with E-state index >= 15 is 0 Å². The lowest BCUT2D eigenvalue weighted by Crippen LogP contribution is -2.30. The van der Waals surface area contributed by atoms with Crippen molar-refractivity contribution < 1.29 is 17.6 Å². The number of aryl methyl sites for hydroxylation is 1. The van der Waals surface area contributed by atoms with E-state index in [-0.39, 0.29) is 10.5 Å². The summed E-state index contributed by atoms with van der Waals surface area (Å²) >= 11 is 3.21. The fraction of sp³-hybridized carbons (Fsp3) is 0.316. The zero-order chi connectivity index (χ0) is 20.4. The van der Waals surface area contributed by atoms with Crippen LogP contribution in [-0.2, 0) is 10.0 Å². The molecular formula is C19H22BrFN2O3S. The molecule has 5 nitrogen and oxygen atoms in total. The Bertz CT molecular complexity index is 973. The molecule has 0 aliphatic carbocycles. The summed E-state index contributed by atoms with van der Waals surface area (Å²) in [7, 11) is -3.68. The molecule has 0 aliphatic rings. The molecule has 0 unspecified atom stereocenters. The fourth-order valence-electron chi connectivity index (χ4n) is 2.68. The van der Waals surface area contributed by atoms with Crippen molar-refractivity contribution in [2.75, 3.05) is 18.4 Å². The van der Waals surface area contributed by atoms with Gasteiger partial charge in [-0.15, -0.1) is 0 Å². The zero-order valence-corrected chi connectivity index (χ0v) is 18.0. The summed E-state index contributed by atoms with van der Waals surface area (Å²) in [5.74, 6) is -1.30. The maximum Gasteiger partial charge on any atom is 0.258 e. The second-order valence-electron chi connectivity index (χ2n) is 6.08. The van der Waals surface area contributed by atoms with Gasteiger partial charge in [0.05, 0.1) is 10.5 Å². The Kier molecular flexibility index (Phi) is 6.77. The predicted molar refractivity (Wildman–Crippen MR) is 108 cm³/mol. The summed E-state index contributed by atoms with van der Waals surface area (Å²) in [6.45, 7) is 7.76. The van der Waals surface area contributed by atoms with Gasteiger partial charge in [-0.2, -0.15) is 4.31 Å². The van der Waals surface area contributed by atoms with Gasteiger partial charge in [0.2, 0.25) is 10.0 Å². The van der Waals surface area contributed by atoms with E-state index in [9.17, 15) is 17.6 Å². The Morgan fingerprint density at radius 2 is 1.78 bits per heavy atom. The van der Waals surface area contributed by atoms with E-state index in [4.69, 9.17) is 0 Å². The van der Waals surface area contributed by atoms with Gasteiger partial charge < -0.3 is 5.32 Å². The van der Waals surface area contributed by atoms with Gasteiger partial charge >= 0.3 is 0 Å². The molecule has 0 bridgehead atoms. The third-order valence-corrected chi connectivity index (χ3v) is 6.93. The minimum atomic E-state index is -3.68. The van der Waals surface area contributed by atoms with E-state index < -0.39 is 21.7 Å². The number of nitrogens with zero attached hydrogens (tertiary/aromatic N) is 1. The molecule has 8 heteroatoms. The number of hydrogen-bond acceptors (Lipinski definition) is 3. The average Bonchev–Trinajstić information content (AvgIpc) is 2.61. The van der Waals surface area contributed by atoms with E-state index in [1.54, 1.807) is 33.8 Å². The lowest BCUT2D eigenvalue weighted by atomic mass is 10.1. The van der Waals surface area contributed by atoms with Gasteiger partial charge in [0, 0.05) is 23.2 Å². The first-order valence-corrected chi connectivity index (χ1v) is 10.7. The van der Waals surface area contributed by atoms with Crippen molar-refractivity contribution in [1.82, 2.24) is 4.31 Å². The van der Waals surface area contributed by atoms with Crippen LogP contribution in [-0.4, -0.2) is 31.7 Å². The number of amides is 1. The van der Waals surface area contributed by atoms with Crippen LogP contribution in [0.4, 0.5) is 10.1 Å². The lowest BCUT2D eigenvalue weighted by Gasteiger charge is -2.20. The van der Waals surface area contributed by atoms with Gasteiger partial charge in [-0.3, -0.25) is 4.79 Å². The zero-order valence-electron chi connectivity index (χ0n) is 15.6. The molecule has 1 amide bonds. The van der Waals surface area contributed by atoms with Crippen LogP contribution in [0.2, 0.25) is 0 Å². The van der Waals surface area contributed by atoms with Crippen molar-refractivity contribution in [3.8, 4) is 0 Å². The summed E-state index contributed by atoms with van der Waals surface area (Å²) in [6.07, 6.45) is 0. The number of hydrogen-bond donors (Lipinski definition) is 1. The van der Waals surface area contributed by atoms with E-state index in [0.717, 1.165) is 5.56 Å². The summed E-state index contributed by atoms with van der Waals surface area (Å²) in [5.41, 5.74) is 1.65. The number of rotatable bonds is 6. The summed E-state index contributed by atoms with van der Waals surface area (Å²) in [5, 5.41) is 2.64. The molecule has 146 valence electrons. The number of benzene rings is 2. The van der Waals surface area contributed by atoms with Crippen molar-refractivity contribution >= 4 is 37.5 Å². The van der Waals surface area contributed by atoms with Crippen LogP contribution >= 0.6 is 15.9 Å². The van der Waals surface area contributed by atoms with Gasteiger partial charge in [-0.05, 0) is 55.3 Å². The van der Waals surface area contributed by atoms with Gasteiger partial charge in [-0.25, -0.2) is 12.8 Å². The van der Waals surface area contributed by atoms with Crippen molar-refractivity contribution in [3.63, 3.8) is 0 Å². The Morgan fingerprint density at radius 1 is 1.15 bits per heavy atom. The standard InChI is InChI=1S/C19H22BrFN2O3S/c1-5-23(6-2)27(25,26)15-9-12(3)13(4)18(11-15)22-19(24)16-10-14(20)7-8-17(16)21/h7-11H,5-6H2,1-4H3,(H,22,24). The Balaban J connectivity index is 2.47. The summed E-state index contributed by atoms with van der Waals surface area (Å²) in [4.78, 5) is 12.6. The van der Waals surface area contributed by atoms with Crippen LogP contribution in [0.3, 0.4) is 0 Å². The molecule has 1 N–H and O–H groups in total. The van der Waals surface area contributed by atoms with Crippen LogP contribution in [0.5, 0.6) is 0 Å². The molecule has 0 radical (unpaired) electrons. The number of carbonyl (C=O) groups excluding carboxylic acids is 1. The van der Waals surface area contributed by atoms with Gasteiger partial charge in [0.15, 0.2) is 0 Å². The third kappa shape index (κ3) is 4.56. The molecule has 2 aromatic carbocycles. The smallest absolute Gasteiger partial charge is 0.258 e. The molecule has 0 aliphatic heterocycles. The number of halogens is 2. The normalized spacial score (nSPS) is 11.7. The second kappa shape index (κ2) is 8.50. The molecule has 0 aromatic heterocycles. The summed E-state index contributed by atoms with van der Waals surface area (Å²) < 4.78 is 41.5. The molecule has 27 heavy (non-hydrogen) atoms. The minimum Gasteiger partial charge on any atom is -0.322 e. The lowest BCUT2D eigenvalue weighted by molar-refractivity contribution is 0.102. The SMILES string of the molecule is CCN(CC)S(=O)(=O)c1cc(C)c(C)c(NC(=O)c2cc(Br)ccc2F)c1. The maximum atomic E-state index is 14.0. The van der Waals surface area contributed by atoms with E-state index in [0.29, 0.717) is 28.8 Å². The fourth-order valence-corrected chi connectivity index (χ4v) is 4.61. The first-order chi connectivity index (χ1) is 12.6. The highest BCUT2D eigenvalue weighted by Crippen LogP contribution is 2.27. The molecule has 0 spiro atoms. The van der Waals surface area contributed by atoms with Gasteiger partial charge in [0.25, 0.3) is 5.91 Å². The van der Waals surface area contributed by atoms with Crippen LogP contribution in [0, 0.1) is 19.7 Å². The Hall–Kier alpha value is -1.77. The van der Waals surface area contributed by atoms with E-state index in [1.165, 1.54) is 28.6 Å². The molecule has 0 heterocycles. The second-order valence-corrected chi connectivity index (χ2v) is 8.93. The van der Waals surface area contributed by atoms with Crippen molar-refractivity contribution in [2.24, 2.45) is 0 Å². The minimum absolute atomic E-state index is 0.0966. The molecule has 0 atom stereocenters. The molecule has 0 fully saturated rings. The number of nitrogens with one attached hydrogen (secondary N) is 1. The number of anilines is 1. The highest BCUT2D eigenvalue weighted by molar-refractivity contribution is 9.10. The van der Waals surface area contributed by atoms with Crippen LogP contribution in [0.1, 0.15) is 35.3 Å². The van der Waals surface area contributed by atoms with Crippen molar-refractivity contribution in [2.45, 2.75) is 32.6 Å². The average molecular weight is 457 g/mol. The van der Waals surface area contributed by atoms with Gasteiger partial charge in [-0.1, -0.05) is 29.8 Å². The monoisotopic (exact) mass is 456 g/mol. The molecule has 0 saturated heterocycles. The Morgan fingerprint density at radius 3 is 2.37 bits per heavy atom. The topological polar surface area (TPSA) is 66.5 Å². The van der Waals surface area contributed by atoms with Gasteiger partial charge in [0.1, 0.15) is 5.82 Å². The first kappa shape index (κ1) is 21.5. The van der Waals surface area contributed by atoms with E-state index in [1.807, 2.05) is 0 Å². The molecule has 2 rings (SSSR count). The quantitative estimate of drug-likeness (QED) is 0.696. The van der Waals surface area contributed by atoms with Crippen molar-refractivity contribution in [1.29, 1.82) is 0 Å². The summed E-state index contributed by atoms with van der Waals surface area (Å²) in [6, 6.07) is 7.07. The molecule has 2 aromatic rings. The maximum absolute atomic E-state index is 14.0. The van der Waals surface area contributed by atoms with Crippen molar-refractivity contribution in [3.05, 3.63) is 57.3 Å². The highest BCUT2D eigenvalue weighted by atomic mass is 79.9. The third-order valence-electron chi connectivity index (χ3n) is 4.41. The molecular weight excluding hydrogens is 435 g/mol. The van der Waals surface area contributed by atoms with E-state index in [2.05, 4.69) is 21.2 Å². The molecule has 0 saturated carbocycles. The van der Waals surface area contributed by atoms with Crippen LogP contribution in [0.25, 0.3) is 0 Å². The van der Waals surface area contributed by atoms with Crippen LogP contribution < -0.4 is 5.32 Å². The first-order valence-electron chi connectivity index (χ1n) is 8.49. The largest absolute Gasteiger partial charge is 0.322 e. The number of carbonyl (C=O) groups is 1. The van der Waals surface area contributed by atoms with Crippen LogP contribution in [0.15, 0.2) is 39.7 Å².